The molecule has 1 aliphatic heterocycles. The predicted octanol–water partition coefficient (Wildman–Crippen LogP) is 2.32. The first-order valence-corrected chi connectivity index (χ1v) is 7.27. The molecular formula is C13H24ClNO2. The standard InChI is InChI=1S/C13H24ClNO2/c1-16-10-11(8-14)15-9-12-4-7-13(17-12)5-2-3-6-13/h11-12,15H,2-10H2,1H3. The Bertz CT molecular complexity index is 231. The first-order chi connectivity index (χ1) is 8.28. The van der Waals surface area contributed by atoms with Gasteiger partial charge < -0.3 is 14.8 Å². The maximum Gasteiger partial charge on any atom is 0.0708 e. The van der Waals surface area contributed by atoms with E-state index in [-0.39, 0.29) is 11.6 Å². The third-order valence-corrected chi connectivity index (χ3v) is 4.41. The number of hydrogen-bond acceptors (Lipinski definition) is 3. The van der Waals surface area contributed by atoms with Gasteiger partial charge in [-0.3, -0.25) is 0 Å². The maximum absolute atomic E-state index is 6.24. The van der Waals surface area contributed by atoms with Crippen molar-refractivity contribution in [3.05, 3.63) is 0 Å². The Balaban J connectivity index is 1.70. The molecule has 100 valence electrons. The molecule has 1 saturated carbocycles. The molecule has 17 heavy (non-hydrogen) atoms. The molecule has 3 nitrogen and oxygen atoms in total. The third-order valence-electron chi connectivity index (χ3n) is 4.04. The molecule has 2 rings (SSSR count). The Morgan fingerprint density at radius 3 is 2.82 bits per heavy atom. The van der Waals surface area contributed by atoms with E-state index in [4.69, 9.17) is 21.1 Å². The summed E-state index contributed by atoms with van der Waals surface area (Å²) < 4.78 is 11.4. The third kappa shape index (κ3) is 3.57. The summed E-state index contributed by atoms with van der Waals surface area (Å²) >= 11 is 5.87. The van der Waals surface area contributed by atoms with Crippen molar-refractivity contribution in [2.75, 3.05) is 26.1 Å². The Labute approximate surface area is 109 Å². The van der Waals surface area contributed by atoms with Gasteiger partial charge in [-0.05, 0) is 25.7 Å². The zero-order chi connectivity index (χ0) is 12.1. The summed E-state index contributed by atoms with van der Waals surface area (Å²) in [5, 5.41) is 3.44. The second-order valence-electron chi connectivity index (χ2n) is 5.38. The monoisotopic (exact) mass is 261 g/mol. The van der Waals surface area contributed by atoms with Gasteiger partial charge in [0.1, 0.15) is 0 Å². The molecule has 2 atom stereocenters. The lowest BCUT2D eigenvalue weighted by Gasteiger charge is -2.25. The lowest BCUT2D eigenvalue weighted by atomic mass is 9.98. The Kier molecular flexibility index (Phi) is 5.10. The van der Waals surface area contributed by atoms with E-state index in [1.807, 2.05) is 0 Å². The maximum atomic E-state index is 6.24. The normalized spacial score (nSPS) is 28.9. The van der Waals surface area contributed by atoms with Gasteiger partial charge in [0, 0.05) is 25.6 Å². The van der Waals surface area contributed by atoms with E-state index in [0.29, 0.717) is 18.6 Å². The van der Waals surface area contributed by atoms with Gasteiger partial charge in [-0.2, -0.15) is 0 Å². The number of ether oxygens (including phenoxy) is 2. The van der Waals surface area contributed by atoms with E-state index in [0.717, 1.165) is 6.54 Å². The molecule has 0 aromatic heterocycles. The predicted molar refractivity (Wildman–Crippen MR) is 69.7 cm³/mol. The quantitative estimate of drug-likeness (QED) is 0.745. The molecule has 2 unspecified atom stereocenters. The van der Waals surface area contributed by atoms with E-state index < -0.39 is 0 Å². The van der Waals surface area contributed by atoms with Crippen LogP contribution >= 0.6 is 11.6 Å². The summed E-state index contributed by atoms with van der Waals surface area (Å²) in [7, 11) is 1.71. The van der Waals surface area contributed by atoms with E-state index in [1.54, 1.807) is 7.11 Å². The van der Waals surface area contributed by atoms with Gasteiger partial charge in [-0.25, -0.2) is 0 Å². The van der Waals surface area contributed by atoms with E-state index in [1.165, 1.54) is 38.5 Å². The largest absolute Gasteiger partial charge is 0.383 e. The topological polar surface area (TPSA) is 30.5 Å². The van der Waals surface area contributed by atoms with E-state index in [2.05, 4.69) is 5.32 Å². The molecule has 4 heteroatoms. The Morgan fingerprint density at radius 1 is 1.41 bits per heavy atom. The molecule has 1 N–H and O–H groups in total. The second kappa shape index (κ2) is 6.37. The molecule has 1 aliphatic carbocycles. The molecular weight excluding hydrogens is 238 g/mol. The van der Waals surface area contributed by atoms with Crippen LogP contribution < -0.4 is 5.32 Å². The van der Waals surface area contributed by atoms with Crippen LogP contribution in [0.4, 0.5) is 0 Å². The summed E-state index contributed by atoms with van der Waals surface area (Å²) in [5.41, 5.74) is 0.240. The van der Waals surface area contributed by atoms with Gasteiger partial charge in [0.25, 0.3) is 0 Å². The van der Waals surface area contributed by atoms with Crippen molar-refractivity contribution in [2.45, 2.75) is 56.3 Å². The van der Waals surface area contributed by atoms with Gasteiger partial charge in [-0.1, -0.05) is 12.8 Å². The van der Waals surface area contributed by atoms with Crippen molar-refractivity contribution in [1.29, 1.82) is 0 Å². The van der Waals surface area contributed by atoms with Crippen LogP contribution in [0.1, 0.15) is 38.5 Å². The average Bonchev–Trinajstić information content (AvgIpc) is 2.96. The van der Waals surface area contributed by atoms with Crippen LogP contribution in [0.2, 0.25) is 0 Å². The number of methoxy groups -OCH3 is 1. The van der Waals surface area contributed by atoms with Crippen LogP contribution in [0.15, 0.2) is 0 Å². The van der Waals surface area contributed by atoms with Crippen LogP contribution in [0.3, 0.4) is 0 Å². The van der Waals surface area contributed by atoms with Gasteiger partial charge in [-0.15, -0.1) is 11.6 Å². The van der Waals surface area contributed by atoms with Gasteiger partial charge in [0.15, 0.2) is 0 Å². The molecule has 1 saturated heterocycles. The van der Waals surface area contributed by atoms with Crippen LogP contribution in [-0.4, -0.2) is 43.9 Å². The molecule has 0 amide bonds. The molecule has 0 aromatic carbocycles. The minimum absolute atomic E-state index is 0.240. The highest BCUT2D eigenvalue weighted by Crippen LogP contribution is 2.43. The molecule has 2 fully saturated rings. The zero-order valence-corrected chi connectivity index (χ0v) is 11.5. The van der Waals surface area contributed by atoms with Crippen LogP contribution in [0.5, 0.6) is 0 Å². The highest BCUT2D eigenvalue weighted by molar-refractivity contribution is 6.18. The lowest BCUT2D eigenvalue weighted by molar-refractivity contribution is -0.0362. The van der Waals surface area contributed by atoms with Crippen LogP contribution in [-0.2, 0) is 9.47 Å². The second-order valence-corrected chi connectivity index (χ2v) is 5.69. The van der Waals surface area contributed by atoms with Gasteiger partial charge >= 0.3 is 0 Å². The molecule has 0 bridgehead atoms. The van der Waals surface area contributed by atoms with Crippen molar-refractivity contribution < 1.29 is 9.47 Å². The Morgan fingerprint density at radius 2 is 2.18 bits per heavy atom. The van der Waals surface area contributed by atoms with Gasteiger partial charge in [0.05, 0.1) is 18.3 Å². The molecule has 1 spiro atoms. The molecule has 1 heterocycles. The first kappa shape index (κ1) is 13.6. The summed E-state index contributed by atoms with van der Waals surface area (Å²) in [6.45, 7) is 1.57. The van der Waals surface area contributed by atoms with Crippen molar-refractivity contribution in [3.8, 4) is 0 Å². The minimum Gasteiger partial charge on any atom is -0.383 e. The SMILES string of the molecule is COCC(CCl)NCC1CCC2(CCCC2)O1. The molecule has 0 aromatic rings. The number of nitrogens with one attached hydrogen (secondary N) is 1. The fourth-order valence-corrected chi connectivity index (χ4v) is 3.28. The number of rotatable bonds is 6. The van der Waals surface area contributed by atoms with E-state index >= 15 is 0 Å². The fourth-order valence-electron chi connectivity index (χ4n) is 3.08. The Hall–Kier alpha value is 0.170. The van der Waals surface area contributed by atoms with Crippen LogP contribution in [0, 0.1) is 0 Å². The van der Waals surface area contributed by atoms with Crippen molar-refractivity contribution in [2.24, 2.45) is 0 Å². The highest BCUT2D eigenvalue weighted by atomic mass is 35.5. The molecule has 2 aliphatic rings. The lowest BCUT2D eigenvalue weighted by Crippen LogP contribution is -2.40. The van der Waals surface area contributed by atoms with Crippen molar-refractivity contribution in [3.63, 3.8) is 0 Å². The van der Waals surface area contributed by atoms with Crippen molar-refractivity contribution in [1.82, 2.24) is 5.32 Å². The fraction of sp³-hybridized carbons (Fsp3) is 1.00. The minimum atomic E-state index is 0.240. The van der Waals surface area contributed by atoms with Crippen molar-refractivity contribution >= 4 is 11.6 Å². The average molecular weight is 262 g/mol. The van der Waals surface area contributed by atoms with Crippen LogP contribution in [0.25, 0.3) is 0 Å². The first-order valence-electron chi connectivity index (χ1n) is 6.74. The number of hydrogen-bond donors (Lipinski definition) is 1. The summed E-state index contributed by atoms with van der Waals surface area (Å²) in [5.74, 6) is 0.589. The highest BCUT2D eigenvalue weighted by Gasteiger charge is 2.41. The number of alkyl halides is 1. The smallest absolute Gasteiger partial charge is 0.0708 e. The summed E-state index contributed by atoms with van der Waals surface area (Å²) in [4.78, 5) is 0. The summed E-state index contributed by atoms with van der Waals surface area (Å²) in [6, 6.07) is 0.241. The zero-order valence-electron chi connectivity index (χ0n) is 10.7. The van der Waals surface area contributed by atoms with Gasteiger partial charge in [0.2, 0.25) is 0 Å². The summed E-state index contributed by atoms with van der Waals surface area (Å²) in [6.07, 6.45) is 8.02. The van der Waals surface area contributed by atoms with E-state index in [9.17, 15) is 0 Å². The molecule has 0 radical (unpaired) electrons. The number of halogens is 1.